The van der Waals surface area contributed by atoms with Crippen LogP contribution in [0.5, 0.6) is 5.88 Å². The number of hydrogen-bond acceptors (Lipinski definition) is 4. The van der Waals surface area contributed by atoms with Gasteiger partial charge in [0, 0.05) is 0 Å². The van der Waals surface area contributed by atoms with Crippen molar-refractivity contribution in [2.24, 2.45) is 0 Å². The molecule has 0 saturated heterocycles. The Kier molecular flexibility index (Phi) is 3.84. The van der Waals surface area contributed by atoms with Crippen LogP contribution in [-0.4, -0.2) is 28.7 Å². The molecule has 0 fully saturated rings. The van der Waals surface area contributed by atoms with Crippen molar-refractivity contribution < 1.29 is 26.7 Å². The van der Waals surface area contributed by atoms with Crippen LogP contribution in [0, 0.1) is 6.92 Å². The molecule has 0 aliphatic heterocycles. The Hall–Kier alpha value is -1.38. The standard InChI is InChI=1S/C8H7ClF5N3O/c1-3-4(15)5(17-6(9)16-3)18-2-7(10,11)8(12,13)14/h2,15H2,1H3. The minimum atomic E-state index is -5.71. The zero-order valence-electron chi connectivity index (χ0n) is 8.85. The van der Waals surface area contributed by atoms with Gasteiger partial charge in [0.25, 0.3) is 0 Å². The number of hydrogen-bond donors (Lipinski definition) is 1. The van der Waals surface area contributed by atoms with Gasteiger partial charge in [-0.15, -0.1) is 0 Å². The van der Waals surface area contributed by atoms with Crippen LogP contribution in [0.3, 0.4) is 0 Å². The highest BCUT2D eigenvalue weighted by Gasteiger charge is 2.58. The molecule has 0 saturated carbocycles. The molecule has 18 heavy (non-hydrogen) atoms. The van der Waals surface area contributed by atoms with Crippen LogP contribution in [0.2, 0.25) is 5.28 Å². The summed E-state index contributed by atoms with van der Waals surface area (Å²) < 4.78 is 65.0. The quantitative estimate of drug-likeness (QED) is 0.687. The number of aryl methyl sites for hydroxylation is 1. The summed E-state index contributed by atoms with van der Waals surface area (Å²) in [6.45, 7) is -0.564. The predicted molar refractivity (Wildman–Crippen MR) is 52.7 cm³/mol. The third kappa shape index (κ3) is 3.09. The Labute approximate surface area is 103 Å². The molecule has 0 aromatic carbocycles. The highest BCUT2D eigenvalue weighted by atomic mass is 35.5. The molecule has 1 heterocycles. The van der Waals surface area contributed by atoms with Crippen molar-refractivity contribution in [1.82, 2.24) is 9.97 Å². The molecule has 0 bridgehead atoms. The summed E-state index contributed by atoms with van der Waals surface area (Å²) in [6.07, 6.45) is -5.71. The van der Waals surface area contributed by atoms with Crippen LogP contribution in [0.15, 0.2) is 0 Å². The van der Waals surface area contributed by atoms with Crippen molar-refractivity contribution in [3.63, 3.8) is 0 Å². The molecule has 0 spiro atoms. The molecule has 0 radical (unpaired) electrons. The Morgan fingerprint density at radius 1 is 1.22 bits per heavy atom. The lowest BCUT2D eigenvalue weighted by atomic mass is 10.3. The van der Waals surface area contributed by atoms with Gasteiger partial charge in [-0.25, -0.2) is 4.98 Å². The van der Waals surface area contributed by atoms with Gasteiger partial charge in [0.05, 0.1) is 5.69 Å². The minimum absolute atomic E-state index is 0.111. The van der Waals surface area contributed by atoms with E-state index < -0.39 is 24.6 Å². The van der Waals surface area contributed by atoms with Crippen molar-refractivity contribution >= 4 is 17.3 Å². The number of halogens is 6. The highest BCUT2D eigenvalue weighted by molar-refractivity contribution is 6.28. The molecule has 0 atom stereocenters. The number of nitrogens with two attached hydrogens (primary N) is 1. The van der Waals surface area contributed by atoms with E-state index in [4.69, 9.17) is 17.3 Å². The van der Waals surface area contributed by atoms with E-state index >= 15 is 0 Å². The minimum Gasteiger partial charge on any atom is -0.469 e. The SMILES string of the molecule is Cc1nc(Cl)nc(OCC(F)(F)C(F)(F)F)c1N. The average molecular weight is 292 g/mol. The van der Waals surface area contributed by atoms with E-state index in [-0.39, 0.29) is 16.7 Å². The third-order valence-corrected chi connectivity index (χ3v) is 2.05. The zero-order chi connectivity index (χ0) is 14.1. The smallest absolute Gasteiger partial charge is 0.456 e. The first-order chi connectivity index (χ1) is 8.04. The van der Waals surface area contributed by atoms with E-state index in [1.54, 1.807) is 0 Å². The number of anilines is 1. The van der Waals surface area contributed by atoms with E-state index in [0.717, 1.165) is 0 Å². The molecule has 0 amide bonds. The second-order valence-corrected chi connectivity index (χ2v) is 3.63. The van der Waals surface area contributed by atoms with Gasteiger partial charge in [-0.3, -0.25) is 0 Å². The van der Waals surface area contributed by atoms with Crippen molar-refractivity contribution in [2.45, 2.75) is 19.0 Å². The second kappa shape index (κ2) is 4.71. The maximum atomic E-state index is 12.6. The van der Waals surface area contributed by atoms with Crippen molar-refractivity contribution in [3.05, 3.63) is 11.0 Å². The fourth-order valence-corrected chi connectivity index (χ4v) is 1.08. The van der Waals surface area contributed by atoms with Gasteiger partial charge in [-0.05, 0) is 18.5 Å². The molecule has 1 aromatic heterocycles. The second-order valence-electron chi connectivity index (χ2n) is 3.29. The summed E-state index contributed by atoms with van der Waals surface area (Å²) in [5.41, 5.74) is 5.21. The van der Waals surface area contributed by atoms with E-state index in [1.807, 2.05) is 0 Å². The van der Waals surface area contributed by atoms with Crippen LogP contribution in [0.1, 0.15) is 5.69 Å². The summed E-state index contributed by atoms with van der Waals surface area (Å²) in [7, 11) is 0. The Morgan fingerprint density at radius 2 is 1.78 bits per heavy atom. The van der Waals surface area contributed by atoms with E-state index in [1.165, 1.54) is 6.92 Å². The Bertz CT molecular complexity index is 451. The summed E-state index contributed by atoms with van der Waals surface area (Å²) >= 11 is 5.39. The van der Waals surface area contributed by atoms with Gasteiger partial charge in [-0.2, -0.15) is 26.9 Å². The fourth-order valence-electron chi connectivity index (χ4n) is 0.873. The summed E-state index contributed by atoms with van der Waals surface area (Å²) in [5, 5.41) is -0.368. The molecule has 4 nitrogen and oxygen atoms in total. The van der Waals surface area contributed by atoms with Crippen LogP contribution in [0.25, 0.3) is 0 Å². The average Bonchev–Trinajstić information content (AvgIpc) is 2.19. The summed E-state index contributed by atoms with van der Waals surface area (Å²) in [5.74, 6) is -5.62. The molecule has 0 unspecified atom stereocenters. The number of ether oxygens (including phenoxy) is 1. The molecular weight excluding hydrogens is 285 g/mol. The largest absolute Gasteiger partial charge is 0.469 e. The van der Waals surface area contributed by atoms with Crippen LogP contribution in [-0.2, 0) is 0 Å². The number of rotatable bonds is 3. The lowest BCUT2D eigenvalue weighted by molar-refractivity contribution is -0.290. The van der Waals surface area contributed by atoms with Gasteiger partial charge in [0.1, 0.15) is 5.69 Å². The Morgan fingerprint density at radius 3 is 2.28 bits per heavy atom. The van der Waals surface area contributed by atoms with Crippen molar-refractivity contribution in [1.29, 1.82) is 0 Å². The van der Waals surface area contributed by atoms with Gasteiger partial charge >= 0.3 is 12.1 Å². The third-order valence-electron chi connectivity index (χ3n) is 1.88. The first-order valence-corrected chi connectivity index (χ1v) is 4.79. The molecule has 1 aromatic rings. The van der Waals surface area contributed by atoms with Gasteiger partial charge < -0.3 is 10.5 Å². The van der Waals surface area contributed by atoms with Crippen molar-refractivity contribution in [3.8, 4) is 5.88 Å². The number of alkyl halides is 5. The maximum absolute atomic E-state index is 12.6. The molecule has 10 heteroatoms. The van der Waals surface area contributed by atoms with Gasteiger partial charge in [0.2, 0.25) is 11.2 Å². The Balaban J connectivity index is 2.88. The number of nitrogens with zero attached hydrogens (tertiary/aromatic N) is 2. The lowest BCUT2D eigenvalue weighted by Crippen LogP contribution is -2.42. The first-order valence-electron chi connectivity index (χ1n) is 4.41. The number of aromatic nitrogens is 2. The molecule has 0 aliphatic carbocycles. The molecule has 0 aliphatic rings. The van der Waals surface area contributed by atoms with E-state index in [2.05, 4.69) is 14.7 Å². The molecular formula is C8H7ClF5N3O. The fraction of sp³-hybridized carbons (Fsp3) is 0.500. The lowest BCUT2D eigenvalue weighted by Gasteiger charge is -2.19. The number of nitrogen functional groups attached to an aromatic ring is 1. The van der Waals surface area contributed by atoms with Gasteiger partial charge in [0.15, 0.2) is 6.61 Å². The monoisotopic (exact) mass is 291 g/mol. The predicted octanol–water partition coefficient (Wildman–Crippen LogP) is 2.60. The molecule has 2 N–H and O–H groups in total. The summed E-state index contributed by atoms with van der Waals surface area (Å²) in [6, 6.07) is 0. The van der Waals surface area contributed by atoms with Crippen LogP contribution >= 0.6 is 11.6 Å². The molecule has 102 valence electrons. The van der Waals surface area contributed by atoms with Gasteiger partial charge in [-0.1, -0.05) is 0 Å². The topological polar surface area (TPSA) is 61.0 Å². The van der Waals surface area contributed by atoms with Crippen molar-refractivity contribution in [2.75, 3.05) is 12.3 Å². The van der Waals surface area contributed by atoms with Crippen LogP contribution < -0.4 is 10.5 Å². The normalized spacial score (nSPS) is 12.6. The molecule has 1 rings (SSSR count). The first kappa shape index (κ1) is 14.7. The maximum Gasteiger partial charge on any atom is 0.456 e. The van der Waals surface area contributed by atoms with Crippen LogP contribution in [0.4, 0.5) is 27.6 Å². The van der Waals surface area contributed by atoms with E-state index in [0.29, 0.717) is 0 Å². The van der Waals surface area contributed by atoms with E-state index in [9.17, 15) is 22.0 Å². The highest BCUT2D eigenvalue weighted by Crippen LogP contribution is 2.36. The zero-order valence-corrected chi connectivity index (χ0v) is 9.61. The summed E-state index contributed by atoms with van der Waals surface area (Å²) in [4.78, 5) is 6.89.